The van der Waals surface area contributed by atoms with Crippen LogP contribution < -0.4 is 5.32 Å². The van der Waals surface area contributed by atoms with Crippen LogP contribution in [0, 0.1) is 13.8 Å². The number of benzene rings is 1. The van der Waals surface area contributed by atoms with E-state index in [0.29, 0.717) is 0 Å². The van der Waals surface area contributed by atoms with E-state index in [1.165, 1.54) is 11.3 Å². The molecule has 1 unspecified atom stereocenters. The van der Waals surface area contributed by atoms with Crippen LogP contribution in [-0.4, -0.2) is 28.0 Å². The minimum Gasteiger partial charge on any atom is -0.395 e. The highest BCUT2D eigenvalue weighted by Gasteiger charge is 2.25. The molecule has 4 heteroatoms. The van der Waals surface area contributed by atoms with Gasteiger partial charge in [0.1, 0.15) is 0 Å². The summed E-state index contributed by atoms with van der Waals surface area (Å²) >= 11 is 0. The SMILES string of the molecule is CCCn1nc(C)c(CNCC(C)(CO)c2ccccc2)c1C. The second-order valence-electron chi connectivity index (χ2n) is 6.56. The van der Waals surface area contributed by atoms with Gasteiger partial charge in [0.15, 0.2) is 0 Å². The van der Waals surface area contributed by atoms with E-state index >= 15 is 0 Å². The van der Waals surface area contributed by atoms with Crippen LogP contribution in [0.2, 0.25) is 0 Å². The fraction of sp³-hybridized carbons (Fsp3) is 0.526. The van der Waals surface area contributed by atoms with Gasteiger partial charge in [-0.1, -0.05) is 44.2 Å². The molecule has 0 saturated heterocycles. The van der Waals surface area contributed by atoms with E-state index in [2.05, 4.69) is 54.9 Å². The third-order valence-electron chi connectivity index (χ3n) is 4.60. The average Bonchev–Trinajstić information content (AvgIpc) is 2.83. The molecule has 1 aromatic carbocycles. The van der Waals surface area contributed by atoms with E-state index in [1.54, 1.807) is 0 Å². The third-order valence-corrected chi connectivity index (χ3v) is 4.60. The molecule has 2 aromatic rings. The van der Waals surface area contributed by atoms with E-state index < -0.39 is 0 Å². The molecule has 0 aliphatic rings. The Morgan fingerprint density at radius 2 is 1.91 bits per heavy atom. The molecule has 2 rings (SSSR count). The number of aliphatic hydroxyl groups is 1. The van der Waals surface area contributed by atoms with Gasteiger partial charge in [-0.3, -0.25) is 4.68 Å². The molecule has 23 heavy (non-hydrogen) atoms. The highest BCUT2D eigenvalue weighted by atomic mass is 16.3. The normalized spacial score (nSPS) is 14.0. The lowest BCUT2D eigenvalue weighted by Gasteiger charge is -2.28. The van der Waals surface area contributed by atoms with E-state index in [9.17, 15) is 5.11 Å². The molecule has 2 N–H and O–H groups in total. The Morgan fingerprint density at radius 3 is 2.52 bits per heavy atom. The number of nitrogens with zero attached hydrogens (tertiary/aromatic N) is 2. The Kier molecular flexibility index (Phi) is 5.97. The van der Waals surface area contributed by atoms with Gasteiger partial charge in [0.05, 0.1) is 12.3 Å². The van der Waals surface area contributed by atoms with Gasteiger partial charge in [0.2, 0.25) is 0 Å². The molecule has 1 atom stereocenters. The van der Waals surface area contributed by atoms with Gasteiger partial charge in [-0.05, 0) is 25.8 Å². The van der Waals surface area contributed by atoms with E-state index in [-0.39, 0.29) is 12.0 Å². The fourth-order valence-corrected chi connectivity index (χ4v) is 2.97. The Hall–Kier alpha value is -1.65. The Bertz CT molecular complexity index is 621. The van der Waals surface area contributed by atoms with Crippen molar-refractivity contribution in [2.24, 2.45) is 0 Å². The molecule has 0 fully saturated rings. The topological polar surface area (TPSA) is 50.1 Å². The molecule has 1 aromatic heterocycles. The van der Waals surface area contributed by atoms with Gasteiger partial charge in [0.25, 0.3) is 0 Å². The van der Waals surface area contributed by atoms with Crippen molar-refractivity contribution in [2.45, 2.75) is 52.6 Å². The number of rotatable bonds is 8. The molecule has 126 valence electrons. The smallest absolute Gasteiger partial charge is 0.0641 e. The molecule has 0 aliphatic carbocycles. The molecule has 0 aliphatic heterocycles. The van der Waals surface area contributed by atoms with Crippen molar-refractivity contribution in [1.29, 1.82) is 0 Å². The lowest BCUT2D eigenvalue weighted by Crippen LogP contribution is -2.38. The van der Waals surface area contributed by atoms with E-state index in [4.69, 9.17) is 0 Å². The van der Waals surface area contributed by atoms with Gasteiger partial charge in [-0.25, -0.2) is 0 Å². The zero-order chi connectivity index (χ0) is 16.9. The molecule has 0 saturated carbocycles. The number of hydrogen-bond donors (Lipinski definition) is 2. The van der Waals surface area contributed by atoms with Crippen molar-refractivity contribution in [3.63, 3.8) is 0 Å². The van der Waals surface area contributed by atoms with Gasteiger partial charge >= 0.3 is 0 Å². The zero-order valence-electron chi connectivity index (χ0n) is 14.8. The van der Waals surface area contributed by atoms with Gasteiger partial charge in [-0.2, -0.15) is 5.10 Å². The van der Waals surface area contributed by atoms with Crippen molar-refractivity contribution in [3.8, 4) is 0 Å². The Balaban J connectivity index is 2.04. The van der Waals surface area contributed by atoms with Crippen LogP contribution in [-0.2, 0) is 18.5 Å². The summed E-state index contributed by atoms with van der Waals surface area (Å²) < 4.78 is 2.09. The van der Waals surface area contributed by atoms with Crippen LogP contribution in [0.1, 0.15) is 42.8 Å². The highest BCUT2D eigenvalue weighted by Crippen LogP contribution is 2.22. The first-order valence-corrected chi connectivity index (χ1v) is 8.42. The summed E-state index contributed by atoms with van der Waals surface area (Å²) in [4.78, 5) is 0. The monoisotopic (exact) mass is 315 g/mol. The van der Waals surface area contributed by atoms with Crippen molar-refractivity contribution in [2.75, 3.05) is 13.2 Å². The minimum absolute atomic E-state index is 0.122. The first kappa shape index (κ1) is 17.7. The van der Waals surface area contributed by atoms with Gasteiger partial charge in [0, 0.05) is 36.3 Å². The molecule has 0 amide bonds. The first-order chi connectivity index (χ1) is 11.0. The van der Waals surface area contributed by atoms with Crippen LogP contribution >= 0.6 is 0 Å². The summed E-state index contributed by atoms with van der Waals surface area (Å²) in [6.07, 6.45) is 1.09. The molecule has 4 nitrogen and oxygen atoms in total. The quantitative estimate of drug-likeness (QED) is 0.787. The fourth-order valence-electron chi connectivity index (χ4n) is 2.97. The lowest BCUT2D eigenvalue weighted by atomic mass is 9.83. The van der Waals surface area contributed by atoms with Crippen molar-refractivity contribution >= 4 is 0 Å². The van der Waals surface area contributed by atoms with Crippen LogP contribution in [0.15, 0.2) is 30.3 Å². The van der Waals surface area contributed by atoms with Crippen LogP contribution in [0.25, 0.3) is 0 Å². The molecule has 0 radical (unpaired) electrons. The number of hydrogen-bond acceptors (Lipinski definition) is 3. The summed E-state index contributed by atoms with van der Waals surface area (Å²) in [6, 6.07) is 10.2. The Morgan fingerprint density at radius 1 is 1.22 bits per heavy atom. The number of aromatic nitrogens is 2. The molecule has 0 spiro atoms. The minimum atomic E-state index is -0.275. The number of aryl methyl sites for hydroxylation is 2. The van der Waals surface area contributed by atoms with Crippen LogP contribution in [0.4, 0.5) is 0 Å². The summed E-state index contributed by atoms with van der Waals surface area (Å²) in [5, 5.41) is 18.0. The number of aliphatic hydroxyl groups excluding tert-OH is 1. The predicted molar refractivity (Wildman–Crippen MR) is 94.6 cm³/mol. The molecular formula is C19H29N3O. The summed E-state index contributed by atoms with van der Waals surface area (Å²) in [5.74, 6) is 0. The predicted octanol–water partition coefficient (Wildman–Crippen LogP) is 2.95. The van der Waals surface area contributed by atoms with Crippen LogP contribution in [0.5, 0.6) is 0 Å². The van der Waals surface area contributed by atoms with Gasteiger partial charge < -0.3 is 10.4 Å². The summed E-state index contributed by atoms with van der Waals surface area (Å²) in [5.41, 5.74) is 4.48. The standard InChI is InChI=1S/C19H29N3O/c1-5-11-22-16(3)18(15(2)21-22)12-20-13-19(4,14-23)17-9-7-6-8-10-17/h6-10,20,23H,5,11-14H2,1-4H3. The second-order valence-corrected chi connectivity index (χ2v) is 6.56. The maximum atomic E-state index is 9.86. The largest absolute Gasteiger partial charge is 0.395 e. The molecule has 1 heterocycles. The average molecular weight is 315 g/mol. The molecule has 0 bridgehead atoms. The second kappa shape index (κ2) is 7.75. The summed E-state index contributed by atoms with van der Waals surface area (Å²) in [6.45, 7) is 11.1. The number of nitrogens with one attached hydrogen (secondary N) is 1. The van der Waals surface area contributed by atoms with Crippen LogP contribution in [0.3, 0.4) is 0 Å². The van der Waals surface area contributed by atoms with Crippen molar-refractivity contribution in [3.05, 3.63) is 52.8 Å². The van der Waals surface area contributed by atoms with Gasteiger partial charge in [-0.15, -0.1) is 0 Å². The van der Waals surface area contributed by atoms with Crippen molar-refractivity contribution < 1.29 is 5.11 Å². The first-order valence-electron chi connectivity index (χ1n) is 8.42. The Labute approximate surface area is 139 Å². The van der Waals surface area contributed by atoms with E-state index in [0.717, 1.165) is 37.3 Å². The zero-order valence-corrected chi connectivity index (χ0v) is 14.8. The third kappa shape index (κ3) is 4.01. The summed E-state index contributed by atoms with van der Waals surface area (Å²) in [7, 11) is 0. The van der Waals surface area contributed by atoms with Crippen molar-refractivity contribution in [1.82, 2.24) is 15.1 Å². The highest BCUT2D eigenvalue weighted by molar-refractivity contribution is 5.26. The maximum Gasteiger partial charge on any atom is 0.0641 e. The maximum absolute atomic E-state index is 9.86. The lowest BCUT2D eigenvalue weighted by molar-refractivity contribution is 0.201. The molecular weight excluding hydrogens is 286 g/mol. The van der Waals surface area contributed by atoms with E-state index in [1.807, 2.05) is 18.2 Å².